The minimum atomic E-state index is -0.296. The zero-order chi connectivity index (χ0) is 17.4. The van der Waals surface area contributed by atoms with Gasteiger partial charge in [-0.3, -0.25) is 9.59 Å². The smallest absolute Gasteiger partial charge is 0.243 e. The monoisotopic (exact) mass is 328 g/mol. The molecule has 5 heteroatoms. The molecule has 0 radical (unpaired) electrons. The molecular weight excluding hydrogens is 307 g/mol. The number of rotatable bonds is 7. The molecule has 1 unspecified atom stereocenters. The summed E-state index contributed by atoms with van der Waals surface area (Å²) in [5.41, 5.74) is 1.61. The molecule has 0 saturated heterocycles. The zero-order valence-corrected chi connectivity index (χ0v) is 13.6. The van der Waals surface area contributed by atoms with Gasteiger partial charge in [-0.2, -0.15) is 0 Å². The molecule has 0 aliphatic heterocycles. The summed E-state index contributed by atoms with van der Waals surface area (Å²) in [5.74, 6) is -0.766. The predicted molar refractivity (Wildman–Crippen MR) is 92.1 cm³/mol. The molecule has 0 aliphatic carbocycles. The average molecular weight is 328 g/mol. The van der Waals surface area contributed by atoms with Crippen LogP contribution in [-0.4, -0.2) is 18.4 Å². The maximum atomic E-state index is 13.0. The van der Waals surface area contributed by atoms with Crippen molar-refractivity contribution in [1.29, 1.82) is 0 Å². The van der Waals surface area contributed by atoms with Crippen molar-refractivity contribution in [2.24, 2.45) is 0 Å². The van der Waals surface area contributed by atoms with E-state index in [1.54, 1.807) is 24.3 Å². The topological polar surface area (TPSA) is 58.2 Å². The minimum Gasteiger partial charge on any atom is -0.347 e. The van der Waals surface area contributed by atoms with Crippen molar-refractivity contribution in [2.75, 3.05) is 11.9 Å². The SMILES string of the molecule is CCC(CC(=O)NCC(=O)Nc1ccccc1)c1ccc(F)cc1. The van der Waals surface area contributed by atoms with Crippen LogP contribution in [0, 0.1) is 5.82 Å². The van der Waals surface area contributed by atoms with E-state index >= 15 is 0 Å². The van der Waals surface area contributed by atoms with E-state index in [1.165, 1.54) is 12.1 Å². The number of benzene rings is 2. The Morgan fingerprint density at radius 2 is 1.67 bits per heavy atom. The molecule has 0 fully saturated rings. The largest absolute Gasteiger partial charge is 0.347 e. The summed E-state index contributed by atoms with van der Waals surface area (Å²) in [6.07, 6.45) is 1.02. The fraction of sp³-hybridized carbons (Fsp3) is 0.263. The highest BCUT2D eigenvalue weighted by atomic mass is 19.1. The van der Waals surface area contributed by atoms with Crippen molar-refractivity contribution in [3.05, 3.63) is 66.0 Å². The molecule has 0 spiro atoms. The number of hydrogen-bond donors (Lipinski definition) is 2. The highest BCUT2D eigenvalue weighted by Crippen LogP contribution is 2.23. The lowest BCUT2D eigenvalue weighted by Crippen LogP contribution is -2.33. The molecule has 0 aliphatic rings. The summed E-state index contributed by atoms with van der Waals surface area (Å²) in [7, 11) is 0. The van der Waals surface area contributed by atoms with Crippen molar-refractivity contribution >= 4 is 17.5 Å². The molecule has 2 rings (SSSR count). The standard InChI is InChI=1S/C19H21FN2O2/c1-2-14(15-8-10-16(20)11-9-15)12-18(23)21-13-19(24)22-17-6-4-3-5-7-17/h3-11,14H,2,12-13H2,1H3,(H,21,23)(H,22,24). The Bertz CT molecular complexity index is 672. The molecule has 4 nitrogen and oxygen atoms in total. The Kier molecular flexibility index (Phi) is 6.49. The Hall–Kier alpha value is -2.69. The molecule has 2 aromatic rings. The van der Waals surface area contributed by atoms with Crippen LogP contribution >= 0.6 is 0 Å². The van der Waals surface area contributed by atoms with E-state index in [-0.39, 0.29) is 36.5 Å². The third-order valence-corrected chi connectivity index (χ3v) is 3.77. The Balaban J connectivity index is 1.81. The molecule has 2 aromatic carbocycles. The molecule has 1 atom stereocenters. The van der Waals surface area contributed by atoms with Crippen LogP contribution in [0.3, 0.4) is 0 Å². The van der Waals surface area contributed by atoms with Crippen LogP contribution < -0.4 is 10.6 Å². The second kappa shape index (κ2) is 8.82. The van der Waals surface area contributed by atoms with Gasteiger partial charge in [0.2, 0.25) is 11.8 Å². The molecule has 2 amide bonds. The molecule has 2 N–H and O–H groups in total. The number of nitrogens with one attached hydrogen (secondary N) is 2. The first-order valence-corrected chi connectivity index (χ1v) is 7.95. The molecule has 126 valence electrons. The lowest BCUT2D eigenvalue weighted by Gasteiger charge is -2.15. The van der Waals surface area contributed by atoms with E-state index in [2.05, 4.69) is 10.6 Å². The van der Waals surface area contributed by atoms with E-state index in [1.807, 2.05) is 25.1 Å². The number of amides is 2. The van der Waals surface area contributed by atoms with Crippen LogP contribution in [0.25, 0.3) is 0 Å². The highest BCUT2D eigenvalue weighted by molar-refractivity contribution is 5.94. The number of carbonyl (C=O) groups is 2. The molecule has 0 saturated carbocycles. The lowest BCUT2D eigenvalue weighted by atomic mass is 9.93. The van der Waals surface area contributed by atoms with Crippen molar-refractivity contribution in [2.45, 2.75) is 25.7 Å². The molecule has 24 heavy (non-hydrogen) atoms. The van der Waals surface area contributed by atoms with E-state index in [0.717, 1.165) is 12.0 Å². The van der Waals surface area contributed by atoms with Crippen molar-refractivity contribution in [1.82, 2.24) is 5.32 Å². The maximum absolute atomic E-state index is 13.0. The van der Waals surface area contributed by atoms with Gasteiger partial charge in [-0.05, 0) is 42.2 Å². The van der Waals surface area contributed by atoms with Crippen molar-refractivity contribution < 1.29 is 14.0 Å². The Morgan fingerprint density at radius 3 is 2.29 bits per heavy atom. The summed E-state index contributed by atoms with van der Waals surface area (Å²) in [4.78, 5) is 23.9. The van der Waals surface area contributed by atoms with Gasteiger partial charge >= 0.3 is 0 Å². The number of anilines is 1. The normalized spacial score (nSPS) is 11.6. The van der Waals surface area contributed by atoms with E-state index < -0.39 is 0 Å². The fourth-order valence-corrected chi connectivity index (χ4v) is 2.43. The Morgan fingerprint density at radius 1 is 1.00 bits per heavy atom. The van der Waals surface area contributed by atoms with Gasteiger partial charge in [0.05, 0.1) is 6.54 Å². The molecule has 0 heterocycles. The number of hydrogen-bond acceptors (Lipinski definition) is 2. The van der Waals surface area contributed by atoms with Crippen LogP contribution in [0.15, 0.2) is 54.6 Å². The summed E-state index contributed by atoms with van der Waals surface area (Å²) in [6, 6.07) is 15.2. The van der Waals surface area contributed by atoms with Gasteiger partial charge < -0.3 is 10.6 Å². The summed E-state index contributed by atoms with van der Waals surface area (Å²) in [6.45, 7) is 1.90. The van der Waals surface area contributed by atoms with Gasteiger partial charge in [-0.25, -0.2) is 4.39 Å². The van der Waals surface area contributed by atoms with Crippen molar-refractivity contribution in [3.63, 3.8) is 0 Å². The van der Waals surface area contributed by atoms with E-state index in [0.29, 0.717) is 5.69 Å². The van der Waals surface area contributed by atoms with E-state index in [9.17, 15) is 14.0 Å². The Labute approximate surface area is 141 Å². The predicted octanol–water partition coefficient (Wildman–Crippen LogP) is 3.46. The van der Waals surface area contributed by atoms with Gasteiger partial charge in [0.1, 0.15) is 5.82 Å². The first kappa shape index (κ1) is 17.7. The summed E-state index contributed by atoms with van der Waals surface area (Å²) >= 11 is 0. The fourth-order valence-electron chi connectivity index (χ4n) is 2.43. The molecular formula is C19H21FN2O2. The van der Waals surface area contributed by atoms with Gasteiger partial charge in [-0.1, -0.05) is 37.3 Å². The van der Waals surface area contributed by atoms with Gasteiger partial charge in [0.25, 0.3) is 0 Å². The van der Waals surface area contributed by atoms with Gasteiger partial charge in [0.15, 0.2) is 0 Å². The van der Waals surface area contributed by atoms with Gasteiger partial charge in [0, 0.05) is 12.1 Å². The molecule has 0 aromatic heterocycles. The van der Waals surface area contributed by atoms with Gasteiger partial charge in [-0.15, -0.1) is 0 Å². The van der Waals surface area contributed by atoms with Crippen LogP contribution in [0.2, 0.25) is 0 Å². The number of carbonyl (C=O) groups excluding carboxylic acids is 2. The highest BCUT2D eigenvalue weighted by Gasteiger charge is 2.15. The summed E-state index contributed by atoms with van der Waals surface area (Å²) < 4.78 is 13.0. The quantitative estimate of drug-likeness (QED) is 0.818. The third kappa shape index (κ3) is 5.50. The third-order valence-electron chi connectivity index (χ3n) is 3.77. The van der Waals surface area contributed by atoms with Crippen LogP contribution in [0.5, 0.6) is 0 Å². The maximum Gasteiger partial charge on any atom is 0.243 e. The van der Waals surface area contributed by atoms with Crippen LogP contribution in [0.1, 0.15) is 31.2 Å². The van der Waals surface area contributed by atoms with E-state index in [4.69, 9.17) is 0 Å². The number of halogens is 1. The lowest BCUT2D eigenvalue weighted by molar-refractivity contribution is -0.124. The summed E-state index contributed by atoms with van der Waals surface area (Å²) in [5, 5.41) is 5.33. The average Bonchev–Trinajstić information content (AvgIpc) is 2.59. The minimum absolute atomic E-state index is 0.00258. The first-order valence-electron chi connectivity index (χ1n) is 7.95. The van der Waals surface area contributed by atoms with Crippen LogP contribution in [-0.2, 0) is 9.59 Å². The first-order chi connectivity index (χ1) is 11.6. The number of para-hydroxylation sites is 1. The van der Waals surface area contributed by atoms with Crippen molar-refractivity contribution in [3.8, 4) is 0 Å². The molecule has 0 bridgehead atoms. The van der Waals surface area contributed by atoms with Crippen LogP contribution in [0.4, 0.5) is 10.1 Å². The second-order valence-corrected chi connectivity index (χ2v) is 5.55. The zero-order valence-electron chi connectivity index (χ0n) is 13.6. The second-order valence-electron chi connectivity index (χ2n) is 5.55.